The van der Waals surface area contributed by atoms with E-state index in [2.05, 4.69) is 48.7 Å². The Kier molecular flexibility index (Phi) is 7.60. The molecule has 3 nitrogen and oxygen atoms in total. The van der Waals surface area contributed by atoms with Crippen LogP contribution >= 0.6 is 11.8 Å². The summed E-state index contributed by atoms with van der Waals surface area (Å²) in [6.45, 7) is 8.67. The maximum Gasteiger partial charge on any atom is 0.233 e. The van der Waals surface area contributed by atoms with Crippen molar-refractivity contribution < 1.29 is 4.79 Å². The average Bonchev–Trinajstić information content (AvgIpc) is 2.41. The maximum atomic E-state index is 11.9. The molecule has 0 bridgehead atoms. The van der Waals surface area contributed by atoms with Crippen LogP contribution in [0.1, 0.15) is 25.8 Å². The third-order valence-electron chi connectivity index (χ3n) is 2.73. The van der Waals surface area contributed by atoms with Gasteiger partial charge in [0.25, 0.3) is 0 Å². The molecule has 19 heavy (non-hydrogen) atoms. The summed E-state index contributed by atoms with van der Waals surface area (Å²) in [4.78, 5) is 13.0. The normalized spacial score (nSPS) is 12.2. The number of benzene rings is 1. The monoisotopic (exact) mass is 280 g/mol. The summed E-state index contributed by atoms with van der Waals surface area (Å²) in [7, 11) is 0. The van der Waals surface area contributed by atoms with E-state index in [-0.39, 0.29) is 11.2 Å². The molecule has 1 rings (SSSR count). The Bertz CT molecular complexity index is 378. The summed E-state index contributed by atoms with van der Waals surface area (Å²) in [6.07, 6.45) is 1.12. The van der Waals surface area contributed by atoms with Gasteiger partial charge in [-0.3, -0.25) is 4.79 Å². The summed E-state index contributed by atoms with van der Waals surface area (Å²) < 4.78 is 0. The molecule has 1 unspecified atom stereocenters. The molecule has 4 heteroatoms. The molecule has 1 aromatic carbocycles. The second-order valence-corrected chi connectivity index (χ2v) is 6.03. The summed E-state index contributed by atoms with van der Waals surface area (Å²) in [5.74, 6) is 0.101. The molecule has 106 valence electrons. The molecular weight excluding hydrogens is 256 g/mol. The van der Waals surface area contributed by atoms with Crippen LogP contribution in [-0.4, -0.2) is 30.8 Å². The van der Waals surface area contributed by atoms with Gasteiger partial charge in [0.1, 0.15) is 0 Å². The summed E-state index contributed by atoms with van der Waals surface area (Å²) in [6, 6.07) is 8.27. The molecule has 1 atom stereocenters. The van der Waals surface area contributed by atoms with Crippen LogP contribution in [0.2, 0.25) is 0 Å². The van der Waals surface area contributed by atoms with E-state index in [1.54, 1.807) is 11.8 Å². The molecule has 1 amide bonds. The summed E-state index contributed by atoms with van der Waals surface area (Å²) >= 11 is 1.60. The van der Waals surface area contributed by atoms with E-state index in [9.17, 15) is 4.79 Å². The SMILES string of the molecule is CCCNCCNC(=O)C(C)Sc1ccc(C)cc1. The molecule has 0 aliphatic heterocycles. The van der Waals surface area contributed by atoms with Gasteiger partial charge in [-0.2, -0.15) is 0 Å². The Hall–Kier alpha value is -1.00. The molecule has 0 aromatic heterocycles. The van der Waals surface area contributed by atoms with Crippen LogP contribution in [0.3, 0.4) is 0 Å². The van der Waals surface area contributed by atoms with Crippen LogP contribution in [0, 0.1) is 6.92 Å². The van der Waals surface area contributed by atoms with E-state index in [4.69, 9.17) is 0 Å². The van der Waals surface area contributed by atoms with Crippen molar-refractivity contribution in [1.29, 1.82) is 0 Å². The fourth-order valence-electron chi connectivity index (χ4n) is 1.59. The Morgan fingerprint density at radius 2 is 1.89 bits per heavy atom. The van der Waals surface area contributed by atoms with Crippen LogP contribution in [0.4, 0.5) is 0 Å². The first-order valence-corrected chi connectivity index (χ1v) is 7.73. The Morgan fingerprint density at radius 3 is 2.53 bits per heavy atom. The Labute approximate surface area is 120 Å². The van der Waals surface area contributed by atoms with Crippen LogP contribution in [0.25, 0.3) is 0 Å². The highest BCUT2D eigenvalue weighted by molar-refractivity contribution is 8.00. The highest BCUT2D eigenvalue weighted by Gasteiger charge is 2.13. The molecule has 0 aliphatic rings. The van der Waals surface area contributed by atoms with Crippen LogP contribution in [0.5, 0.6) is 0 Å². The van der Waals surface area contributed by atoms with Gasteiger partial charge in [0, 0.05) is 18.0 Å². The molecular formula is C15H24N2OS. The van der Waals surface area contributed by atoms with Crippen molar-refractivity contribution in [2.24, 2.45) is 0 Å². The quantitative estimate of drug-likeness (QED) is 0.568. The molecule has 0 aliphatic carbocycles. The van der Waals surface area contributed by atoms with E-state index < -0.39 is 0 Å². The number of carbonyl (C=O) groups is 1. The van der Waals surface area contributed by atoms with Gasteiger partial charge in [-0.1, -0.05) is 24.6 Å². The van der Waals surface area contributed by atoms with Crippen molar-refractivity contribution >= 4 is 17.7 Å². The van der Waals surface area contributed by atoms with Gasteiger partial charge in [-0.25, -0.2) is 0 Å². The highest BCUT2D eigenvalue weighted by atomic mass is 32.2. The van der Waals surface area contributed by atoms with Gasteiger partial charge in [-0.15, -0.1) is 11.8 Å². The Morgan fingerprint density at radius 1 is 1.21 bits per heavy atom. The fourth-order valence-corrected chi connectivity index (χ4v) is 2.49. The minimum absolute atomic E-state index is 0.0612. The minimum Gasteiger partial charge on any atom is -0.354 e. The second kappa shape index (κ2) is 8.99. The highest BCUT2D eigenvalue weighted by Crippen LogP contribution is 2.23. The summed E-state index contributed by atoms with van der Waals surface area (Å²) in [5.41, 5.74) is 1.24. The van der Waals surface area contributed by atoms with Crippen LogP contribution < -0.4 is 10.6 Å². The van der Waals surface area contributed by atoms with Crippen LogP contribution in [-0.2, 0) is 4.79 Å². The molecule has 0 radical (unpaired) electrons. The lowest BCUT2D eigenvalue weighted by Crippen LogP contribution is -2.36. The van der Waals surface area contributed by atoms with Crippen molar-refractivity contribution in [2.75, 3.05) is 19.6 Å². The number of carbonyl (C=O) groups excluding carboxylic acids is 1. The fraction of sp³-hybridized carbons (Fsp3) is 0.533. The predicted octanol–water partition coefficient (Wildman–Crippen LogP) is 2.59. The van der Waals surface area contributed by atoms with E-state index in [1.807, 2.05) is 6.92 Å². The van der Waals surface area contributed by atoms with Gasteiger partial charge in [-0.05, 0) is 38.9 Å². The third-order valence-corrected chi connectivity index (χ3v) is 3.84. The van der Waals surface area contributed by atoms with Gasteiger partial charge >= 0.3 is 0 Å². The zero-order valence-corrected chi connectivity index (χ0v) is 12.8. The lowest BCUT2D eigenvalue weighted by atomic mass is 10.2. The predicted molar refractivity (Wildman–Crippen MR) is 82.7 cm³/mol. The molecule has 1 aromatic rings. The molecule has 0 saturated carbocycles. The van der Waals surface area contributed by atoms with E-state index in [0.717, 1.165) is 24.4 Å². The summed E-state index contributed by atoms with van der Waals surface area (Å²) in [5, 5.41) is 6.15. The lowest BCUT2D eigenvalue weighted by molar-refractivity contribution is -0.120. The number of hydrogen-bond acceptors (Lipinski definition) is 3. The van der Waals surface area contributed by atoms with E-state index >= 15 is 0 Å². The topological polar surface area (TPSA) is 41.1 Å². The standard InChI is InChI=1S/C15H24N2OS/c1-4-9-16-10-11-17-15(18)13(3)19-14-7-5-12(2)6-8-14/h5-8,13,16H,4,9-11H2,1-3H3,(H,17,18). The second-order valence-electron chi connectivity index (χ2n) is 4.61. The number of nitrogens with one attached hydrogen (secondary N) is 2. The molecule has 0 spiro atoms. The van der Waals surface area contributed by atoms with E-state index in [1.165, 1.54) is 5.56 Å². The zero-order valence-electron chi connectivity index (χ0n) is 12.0. The number of aryl methyl sites for hydroxylation is 1. The number of thioether (sulfide) groups is 1. The van der Waals surface area contributed by atoms with Gasteiger partial charge in [0.2, 0.25) is 5.91 Å². The van der Waals surface area contributed by atoms with Crippen molar-refractivity contribution in [3.63, 3.8) is 0 Å². The number of hydrogen-bond donors (Lipinski definition) is 2. The van der Waals surface area contributed by atoms with Crippen molar-refractivity contribution in [3.8, 4) is 0 Å². The molecule has 0 fully saturated rings. The maximum absolute atomic E-state index is 11.9. The average molecular weight is 280 g/mol. The Balaban J connectivity index is 2.26. The van der Waals surface area contributed by atoms with Gasteiger partial charge < -0.3 is 10.6 Å². The van der Waals surface area contributed by atoms with Gasteiger partial charge in [0.15, 0.2) is 0 Å². The third kappa shape index (κ3) is 6.64. The van der Waals surface area contributed by atoms with Crippen molar-refractivity contribution in [2.45, 2.75) is 37.3 Å². The number of amides is 1. The zero-order chi connectivity index (χ0) is 14.1. The lowest BCUT2D eigenvalue weighted by Gasteiger charge is -2.12. The smallest absolute Gasteiger partial charge is 0.233 e. The van der Waals surface area contributed by atoms with Gasteiger partial charge in [0.05, 0.1) is 5.25 Å². The molecule has 2 N–H and O–H groups in total. The van der Waals surface area contributed by atoms with Crippen LogP contribution in [0.15, 0.2) is 29.2 Å². The molecule has 0 heterocycles. The van der Waals surface area contributed by atoms with E-state index in [0.29, 0.717) is 6.54 Å². The first-order chi connectivity index (χ1) is 9.13. The first kappa shape index (κ1) is 16.1. The van der Waals surface area contributed by atoms with Crippen molar-refractivity contribution in [3.05, 3.63) is 29.8 Å². The minimum atomic E-state index is -0.0612. The van der Waals surface area contributed by atoms with Crippen molar-refractivity contribution in [1.82, 2.24) is 10.6 Å². The molecule has 0 saturated heterocycles. The first-order valence-electron chi connectivity index (χ1n) is 6.85. The number of rotatable bonds is 8. The largest absolute Gasteiger partial charge is 0.354 e.